The molecule has 0 atom stereocenters. The van der Waals surface area contributed by atoms with Crippen molar-refractivity contribution in [2.24, 2.45) is 5.92 Å². The second kappa shape index (κ2) is 13.1. The van der Waals surface area contributed by atoms with E-state index in [-0.39, 0.29) is 39.0 Å². The highest BCUT2D eigenvalue weighted by molar-refractivity contribution is 7.23. The molecule has 13 nitrogen and oxygen atoms in total. The number of carbonyl (C=O) groups is 4. The van der Waals surface area contributed by atoms with Crippen LogP contribution in [-0.4, -0.2) is 58.2 Å². The van der Waals surface area contributed by atoms with Gasteiger partial charge in [-0.1, -0.05) is 0 Å². The summed E-state index contributed by atoms with van der Waals surface area (Å²) in [6, 6.07) is 8.89. The zero-order valence-corrected chi connectivity index (χ0v) is 27.2. The van der Waals surface area contributed by atoms with Crippen molar-refractivity contribution in [3.05, 3.63) is 85.8 Å². The van der Waals surface area contributed by atoms with Crippen molar-refractivity contribution in [1.29, 1.82) is 0 Å². The van der Waals surface area contributed by atoms with Gasteiger partial charge in [0, 0.05) is 50.9 Å². The second-order valence-electron chi connectivity index (χ2n) is 10.7. The second-order valence-corrected chi connectivity index (χ2v) is 12.8. The van der Waals surface area contributed by atoms with Crippen LogP contribution in [0.2, 0.25) is 0 Å². The van der Waals surface area contributed by atoms with Gasteiger partial charge in [0.1, 0.15) is 21.1 Å². The van der Waals surface area contributed by atoms with E-state index in [4.69, 9.17) is 23.0 Å². The first-order valence-electron chi connectivity index (χ1n) is 14.3. The summed E-state index contributed by atoms with van der Waals surface area (Å²) in [7, 11) is 4.33. The Balaban J connectivity index is 1.20. The molecule has 0 saturated carbocycles. The smallest absolute Gasteiger partial charge is 0.353 e. The highest BCUT2D eigenvalue weighted by Crippen LogP contribution is 2.35. The average Bonchev–Trinajstić information content (AvgIpc) is 3.70. The maximum atomic E-state index is 13.8. The summed E-state index contributed by atoms with van der Waals surface area (Å²) in [5.41, 5.74) is -3.10. The van der Waals surface area contributed by atoms with Crippen LogP contribution in [-0.2, 0) is 14.3 Å². The van der Waals surface area contributed by atoms with E-state index in [2.05, 4.69) is 0 Å². The van der Waals surface area contributed by atoms with Gasteiger partial charge in [0.25, 0.3) is 5.91 Å². The molecule has 1 saturated heterocycles. The fourth-order valence-electron chi connectivity index (χ4n) is 5.02. The molecule has 1 fully saturated rings. The molecule has 0 spiro atoms. The molecule has 0 aliphatic carbocycles. The molecule has 5 heterocycles. The Hall–Kier alpha value is -5.19. The monoisotopic (exact) mass is 696 g/mol. The Morgan fingerprint density at radius 3 is 1.90 bits per heavy atom. The first kappa shape index (κ1) is 32.7. The third-order valence-electron chi connectivity index (χ3n) is 7.71. The van der Waals surface area contributed by atoms with E-state index in [1.165, 1.54) is 54.3 Å². The number of carbonyl (C=O) groups excluding carboxylic acids is 4. The van der Waals surface area contributed by atoms with E-state index in [0.717, 1.165) is 34.8 Å². The Morgan fingerprint density at radius 2 is 1.35 bits per heavy atom. The summed E-state index contributed by atoms with van der Waals surface area (Å²) in [5, 5.41) is 0.807. The molecule has 0 N–H and O–H groups in total. The van der Waals surface area contributed by atoms with Crippen molar-refractivity contribution in [1.82, 2.24) is 0 Å². The van der Waals surface area contributed by atoms with Gasteiger partial charge in [-0.25, -0.2) is 23.6 Å². The molecule has 0 radical (unpaired) electrons. The molecule has 0 unspecified atom stereocenters. The number of esters is 2. The Bertz CT molecular complexity index is 2230. The van der Waals surface area contributed by atoms with Crippen molar-refractivity contribution < 1.29 is 46.6 Å². The lowest BCUT2D eigenvalue weighted by Crippen LogP contribution is -2.35. The average molecular weight is 697 g/mol. The number of benzene rings is 1. The Labute approximate surface area is 277 Å². The van der Waals surface area contributed by atoms with Crippen LogP contribution in [0.3, 0.4) is 0 Å². The summed E-state index contributed by atoms with van der Waals surface area (Å²) < 4.78 is 40.1. The number of halogens is 1. The fraction of sp³-hybridized carbons (Fsp3) is 0.250. The lowest BCUT2D eigenvalue weighted by atomic mass is 9.99. The van der Waals surface area contributed by atoms with Crippen molar-refractivity contribution >= 4 is 77.0 Å². The molecule has 1 aliphatic heterocycles. The highest BCUT2D eigenvalue weighted by Gasteiger charge is 2.28. The third-order valence-corrected chi connectivity index (χ3v) is 9.99. The molecule has 48 heavy (non-hydrogen) atoms. The summed E-state index contributed by atoms with van der Waals surface area (Å²) in [4.78, 5) is 79.9. The fourth-order valence-corrected chi connectivity index (χ4v) is 7.01. The van der Waals surface area contributed by atoms with Gasteiger partial charge in [-0.3, -0.25) is 9.59 Å². The van der Waals surface area contributed by atoms with Gasteiger partial charge >= 0.3 is 23.2 Å². The maximum Gasteiger partial charge on any atom is 0.353 e. The van der Waals surface area contributed by atoms with E-state index in [0.29, 0.717) is 40.8 Å². The SMILES string of the molecule is COc1cc(C(=O)N(C)c2cc3oc(=O)c(C(=O)OC(=O)c4cc5sc(N(C)C(=O)C6CCOCC6)cc5oc4=O)cc3s2)ccc1F. The van der Waals surface area contributed by atoms with Crippen molar-refractivity contribution in [2.75, 3.05) is 44.2 Å². The summed E-state index contributed by atoms with van der Waals surface area (Å²) >= 11 is 2.09. The van der Waals surface area contributed by atoms with Gasteiger partial charge in [-0.05, 0) is 43.2 Å². The summed E-state index contributed by atoms with van der Waals surface area (Å²) in [6.45, 7) is 0.987. The van der Waals surface area contributed by atoms with Crippen molar-refractivity contribution in [2.45, 2.75) is 12.8 Å². The number of ether oxygens (including phenoxy) is 3. The molecule has 16 heteroatoms. The van der Waals surface area contributed by atoms with Crippen LogP contribution in [0.25, 0.3) is 20.6 Å². The molecule has 0 bridgehead atoms. The van der Waals surface area contributed by atoms with E-state index in [1.54, 1.807) is 7.05 Å². The number of hydrogen-bond donors (Lipinski definition) is 0. The van der Waals surface area contributed by atoms with Crippen molar-refractivity contribution in [3.8, 4) is 5.75 Å². The Morgan fingerprint density at radius 1 is 0.812 bits per heavy atom. The lowest BCUT2D eigenvalue weighted by molar-refractivity contribution is -0.124. The molecule has 248 valence electrons. The van der Waals surface area contributed by atoms with Gasteiger partial charge in [-0.15, -0.1) is 22.7 Å². The number of nitrogens with zero attached hydrogens (tertiary/aromatic N) is 2. The number of hydrogen-bond acceptors (Lipinski definition) is 13. The predicted octanol–water partition coefficient (Wildman–Crippen LogP) is 4.83. The summed E-state index contributed by atoms with van der Waals surface area (Å²) in [5.74, 6) is -4.31. The van der Waals surface area contributed by atoms with Crippen LogP contribution < -0.4 is 25.8 Å². The van der Waals surface area contributed by atoms with Crippen LogP contribution >= 0.6 is 22.7 Å². The largest absolute Gasteiger partial charge is 0.494 e. The quantitative estimate of drug-likeness (QED) is 0.169. The summed E-state index contributed by atoms with van der Waals surface area (Å²) in [6.07, 6.45) is 1.19. The zero-order chi connectivity index (χ0) is 34.3. The number of rotatable bonds is 7. The molecule has 1 aromatic carbocycles. The topological polar surface area (TPSA) is 163 Å². The zero-order valence-electron chi connectivity index (χ0n) is 25.5. The number of anilines is 2. The van der Waals surface area contributed by atoms with Gasteiger partial charge in [0.2, 0.25) is 5.91 Å². The third kappa shape index (κ3) is 6.24. The molecule has 4 aromatic heterocycles. The van der Waals surface area contributed by atoms with Crippen LogP contribution in [0.5, 0.6) is 5.75 Å². The first-order chi connectivity index (χ1) is 22.9. The molecule has 5 aromatic rings. The lowest BCUT2D eigenvalue weighted by Gasteiger charge is -2.25. The first-order valence-corrected chi connectivity index (χ1v) is 16.0. The predicted molar refractivity (Wildman–Crippen MR) is 173 cm³/mol. The minimum atomic E-state index is -1.37. The van der Waals surface area contributed by atoms with Gasteiger partial charge in [0.05, 0.1) is 16.5 Å². The number of methoxy groups -OCH3 is 1. The van der Waals surface area contributed by atoms with Gasteiger partial charge < -0.3 is 32.8 Å². The van der Waals surface area contributed by atoms with Crippen LogP contribution in [0, 0.1) is 11.7 Å². The molecule has 1 aliphatic rings. The standard InChI is InChI=1S/C32H25FN2O11S2/c1-34(27(36)15-6-8-43-9-7-15)25-13-21-23(47-25)11-17(29(38)44-21)31(40)46-32(41)18-12-24-22(45-30(18)39)14-26(48-24)35(2)28(37)16-4-5-19(33)20(10-16)42-3/h4-5,10-15H,6-9H2,1-3H3. The van der Waals surface area contributed by atoms with E-state index < -0.39 is 46.0 Å². The van der Waals surface area contributed by atoms with E-state index in [1.807, 2.05) is 0 Å². The van der Waals surface area contributed by atoms with Gasteiger partial charge in [0.15, 0.2) is 22.7 Å². The number of thiophene rings is 2. The van der Waals surface area contributed by atoms with Crippen LogP contribution in [0.4, 0.5) is 14.4 Å². The minimum absolute atomic E-state index is 0.0547. The Kier molecular flexibility index (Phi) is 8.96. The maximum absolute atomic E-state index is 13.8. The van der Waals surface area contributed by atoms with Crippen molar-refractivity contribution in [3.63, 3.8) is 0 Å². The molecular weight excluding hydrogens is 671 g/mol. The van der Waals surface area contributed by atoms with E-state index in [9.17, 15) is 33.2 Å². The highest BCUT2D eigenvalue weighted by atomic mass is 32.1. The van der Waals surface area contributed by atoms with Crippen LogP contribution in [0.15, 0.2) is 60.9 Å². The van der Waals surface area contributed by atoms with Gasteiger partial charge in [-0.2, -0.15) is 0 Å². The number of amides is 2. The number of fused-ring (bicyclic) bond motifs is 2. The minimum Gasteiger partial charge on any atom is -0.494 e. The normalized spacial score (nSPS) is 13.4. The van der Waals surface area contributed by atoms with Crippen LogP contribution in [0.1, 0.15) is 43.9 Å². The molecular formula is C32H25FN2O11S2. The molecule has 2 amide bonds. The van der Waals surface area contributed by atoms with E-state index >= 15 is 0 Å². The molecule has 6 rings (SSSR count).